The van der Waals surface area contributed by atoms with Crippen molar-refractivity contribution in [3.8, 4) is 0 Å². The first kappa shape index (κ1) is 29.4. The number of fused-ring (bicyclic) bond motifs is 18. The molecule has 0 aromatic heterocycles. The maximum absolute atomic E-state index is 2.59. The van der Waals surface area contributed by atoms with E-state index in [0.717, 1.165) is 0 Å². The fraction of sp³-hybridized carbons (Fsp3) is 0.0357. The van der Waals surface area contributed by atoms with Crippen LogP contribution in [0.1, 0.15) is 45.2 Å². The number of hydrogen-bond donors (Lipinski definition) is 0. The Bertz CT molecular complexity index is 3130. The standard InChI is InChI=1S/C56H32/c1-7-19-37-31(13-1)32-14-2-8-20-38(32)44-26-50-49(25-43(37)44)55-51-27-45-39-21-9-3-15-33(39)35-17-5-11-23-41(35)47(45)29-53(51)56(50)54-30-48-42-24-12-6-18-36(42)34-16-4-10-22-40(34)46(48)28-52(54)55/h1-30,55-56H. The van der Waals surface area contributed by atoms with Crippen LogP contribution < -0.4 is 0 Å². The molecule has 12 aromatic rings. The van der Waals surface area contributed by atoms with Gasteiger partial charge in [0.15, 0.2) is 0 Å². The molecule has 0 fully saturated rings. The highest BCUT2D eigenvalue weighted by Crippen LogP contribution is 2.59. The average Bonchev–Trinajstić information content (AvgIpc) is 3.27. The van der Waals surface area contributed by atoms with Gasteiger partial charge in [0.25, 0.3) is 0 Å². The number of hydrogen-bond acceptors (Lipinski definition) is 0. The van der Waals surface area contributed by atoms with Crippen LogP contribution in [-0.4, -0.2) is 0 Å². The van der Waals surface area contributed by atoms with Crippen molar-refractivity contribution in [2.24, 2.45) is 0 Å². The van der Waals surface area contributed by atoms with Crippen molar-refractivity contribution in [1.29, 1.82) is 0 Å². The van der Waals surface area contributed by atoms with Gasteiger partial charge in [-0.3, -0.25) is 0 Å². The molecule has 0 amide bonds. The molecular weight excluding hydrogens is 673 g/mol. The van der Waals surface area contributed by atoms with Gasteiger partial charge in [0.1, 0.15) is 0 Å². The molecule has 0 atom stereocenters. The van der Waals surface area contributed by atoms with E-state index in [9.17, 15) is 0 Å². The van der Waals surface area contributed by atoms with Crippen LogP contribution in [0.15, 0.2) is 182 Å². The zero-order valence-corrected chi connectivity index (χ0v) is 30.5. The Labute approximate surface area is 322 Å². The largest absolute Gasteiger partial charge is 0.0616 e. The molecule has 3 aliphatic carbocycles. The van der Waals surface area contributed by atoms with Crippen molar-refractivity contribution in [2.75, 3.05) is 0 Å². The van der Waals surface area contributed by atoms with Gasteiger partial charge in [-0.25, -0.2) is 0 Å². The average molecular weight is 705 g/mol. The maximum atomic E-state index is 2.59. The zero-order chi connectivity index (χ0) is 36.2. The topological polar surface area (TPSA) is 0 Å². The smallest absolute Gasteiger partial charge is 0.0349 e. The molecule has 0 saturated heterocycles. The van der Waals surface area contributed by atoms with Crippen molar-refractivity contribution < 1.29 is 0 Å². The minimum Gasteiger partial charge on any atom is -0.0616 e. The Morgan fingerprint density at radius 2 is 0.286 bits per heavy atom. The van der Waals surface area contributed by atoms with Gasteiger partial charge in [-0.15, -0.1) is 0 Å². The van der Waals surface area contributed by atoms with E-state index in [1.807, 2.05) is 0 Å². The summed E-state index contributed by atoms with van der Waals surface area (Å²) in [6, 6.07) is 69.7. The predicted octanol–water partition coefficient (Wildman–Crippen LogP) is 15.1. The van der Waals surface area contributed by atoms with E-state index in [2.05, 4.69) is 182 Å². The molecule has 0 radical (unpaired) electrons. The minimum atomic E-state index is 0.110. The normalized spacial score (nSPS) is 15.9. The maximum Gasteiger partial charge on any atom is 0.0349 e. The molecule has 56 heavy (non-hydrogen) atoms. The Balaban J connectivity index is 1.17. The van der Waals surface area contributed by atoms with Gasteiger partial charge in [0.2, 0.25) is 0 Å². The first-order valence-corrected chi connectivity index (χ1v) is 19.9. The molecule has 0 unspecified atom stereocenters. The van der Waals surface area contributed by atoms with E-state index in [1.165, 1.54) is 130 Å². The van der Waals surface area contributed by atoms with E-state index in [-0.39, 0.29) is 11.8 Å². The lowest BCUT2D eigenvalue weighted by Crippen LogP contribution is -2.27. The molecule has 12 aromatic carbocycles. The molecule has 0 heteroatoms. The van der Waals surface area contributed by atoms with E-state index in [1.54, 1.807) is 0 Å². The molecule has 0 nitrogen and oxygen atoms in total. The van der Waals surface area contributed by atoms with Crippen molar-refractivity contribution in [3.63, 3.8) is 0 Å². The summed E-state index contributed by atoms with van der Waals surface area (Å²) in [5.41, 5.74) is 8.73. The first-order chi connectivity index (χ1) is 27.8. The highest BCUT2D eigenvalue weighted by molar-refractivity contribution is 6.28. The van der Waals surface area contributed by atoms with Crippen LogP contribution in [0.5, 0.6) is 0 Å². The van der Waals surface area contributed by atoms with Crippen LogP contribution in [-0.2, 0) is 0 Å². The summed E-state index contributed by atoms with van der Waals surface area (Å²) in [6.07, 6.45) is 0. The Morgan fingerprint density at radius 1 is 0.161 bits per heavy atom. The lowest BCUT2D eigenvalue weighted by molar-refractivity contribution is 0.761. The third-order valence-electron chi connectivity index (χ3n) is 13.7. The monoisotopic (exact) mass is 704 g/mol. The van der Waals surface area contributed by atoms with Crippen LogP contribution >= 0.6 is 0 Å². The van der Waals surface area contributed by atoms with E-state index in [4.69, 9.17) is 0 Å². The van der Waals surface area contributed by atoms with Crippen molar-refractivity contribution in [1.82, 2.24) is 0 Å². The van der Waals surface area contributed by atoms with Gasteiger partial charge in [-0.2, -0.15) is 0 Å². The van der Waals surface area contributed by atoms with E-state index in [0.29, 0.717) is 0 Å². The molecule has 0 heterocycles. The summed E-state index contributed by atoms with van der Waals surface area (Å²) in [5.74, 6) is 0.220. The molecule has 0 aliphatic heterocycles. The van der Waals surface area contributed by atoms with E-state index < -0.39 is 0 Å². The molecule has 2 bridgehead atoms. The first-order valence-electron chi connectivity index (χ1n) is 19.9. The molecule has 3 aliphatic rings. The molecule has 15 rings (SSSR count). The van der Waals surface area contributed by atoms with Gasteiger partial charge in [-0.1, -0.05) is 146 Å². The van der Waals surface area contributed by atoms with Crippen LogP contribution in [0, 0.1) is 0 Å². The Kier molecular flexibility index (Phi) is 5.44. The second-order valence-electron chi connectivity index (χ2n) is 16.2. The van der Waals surface area contributed by atoms with Crippen molar-refractivity contribution in [3.05, 3.63) is 215 Å². The highest BCUT2D eigenvalue weighted by atomic mass is 14.4. The second-order valence-corrected chi connectivity index (χ2v) is 16.2. The van der Waals surface area contributed by atoms with Crippen molar-refractivity contribution >= 4 is 97.0 Å². The van der Waals surface area contributed by atoms with Crippen LogP contribution in [0.4, 0.5) is 0 Å². The van der Waals surface area contributed by atoms with Gasteiger partial charge in [0.05, 0.1) is 0 Å². The van der Waals surface area contributed by atoms with Crippen LogP contribution in [0.2, 0.25) is 0 Å². The van der Waals surface area contributed by atoms with Crippen molar-refractivity contribution in [2.45, 2.75) is 11.8 Å². The van der Waals surface area contributed by atoms with Gasteiger partial charge in [0, 0.05) is 11.8 Å². The third-order valence-corrected chi connectivity index (χ3v) is 13.7. The summed E-state index contributed by atoms with van der Waals surface area (Å²) >= 11 is 0. The summed E-state index contributed by atoms with van der Waals surface area (Å²) in [4.78, 5) is 0. The summed E-state index contributed by atoms with van der Waals surface area (Å²) in [5, 5.41) is 24.0. The summed E-state index contributed by atoms with van der Waals surface area (Å²) < 4.78 is 0. The highest BCUT2D eigenvalue weighted by Gasteiger charge is 2.42. The SMILES string of the molecule is c1ccc2c(c1)c1ccccc1c1cc3c(cc21)C1c2cc4c5ccccc5c5ccccc5c4cc2C3c2cc3c4ccccc4c4ccccc4c3cc21. The number of rotatable bonds is 0. The zero-order valence-electron chi connectivity index (χ0n) is 30.5. The quantitative estimate of drug-likeness (QED) is 0.138. The summed E-state index contributed by atoms with van der Waals surface area (Å²) in [7, 11) is 0. The van der Waals surface area contributed by atoms with Crippen LogP contribution in [0.25, 0.3) is 97.0 Å². The van der Waals surface area contributed by atoms with Gasteiger partial charge in [-0.05, 0) is 167 Å². The Morgan fingerprint density at radius 3 is 0.429 bits per heavy atom. The van der Waals surface area contributed by atoms with Crippen LogP contribution in [0.3, 0.4) is 0 Å². The fourth-order valence-corrected chi connectivity index (χ4v) is 11.5. The fourth-order valence-electron chi connectivity index (χ4n) is 11.5. The molecule has 0 saturated carbocycles. The minimum absolute atomic E-state index is 0.110. The third kappa shape index (κ3) is 3.56. The van der Waals surface area contributed by atoms with Gasteiger partial charge >= 0.3 is 0 Å². The molecular formula is C56H32. The lowest BCUT2D eigenvalue weighted by atomic mass is 9.59. The van der Waals surface area contributed by atoms with Gasteiger partial charge < -0.3 is 0 Å². The van der Waals surface area contributed by atoms with E-state index >= 15 is 0 Å². The lowest BCUT2D eigenvalue weighted by Gasteiger charge is -2.43. The molecule has 0 spiro atoms. The number of benzene rings is 12. The molecule has 0 N–H and O–H groups in total. The predicted molar refractivity (Wildman–Crippen MR) is 239 cm³/mol. The molecule has 256 valence electrons. The summed E-state index contributed by atoms with van der Waals surface area (Å²) in [6.45, 7) is 0. The second kappa shape index (κ2) is 10.4. The Hall–Kier alpha value is -7.02.